The van der Waals surface area contributed by atoms with Gasteiger partial charge < -0.3 is 5.32 Å². The maximum absolute atomic E-state index is 13.2. The fourth-order valence-corrected chi connectivity index (χ4v) is 2.92. The molecule has 0 amide bonds. The van der Waals surface area contributed by atoms with Crippen molar-refractivity contribution in [2.24, 2.45) is 0 Å². The van der Waals surface area contributed by atoms with E-state index in [1.165, 1.54) is 10.9 Å². The molecular formula is C14H15BrFNS. The Hall–Kier alpha value is -0.710. The van der Waals surface area contributed by atoms with Crippen LogP contribution in [0, 0.1) is 5.82 Å². The molecule has 0 unspecified atom stereocenters. The van der Waals surface area contributed by atoms with Crippen LogP contribution < -0.4 is 5.32 Å². The highest BCUT2D eigenvalue weighted by Crippen LogP contribution is 2.30. The van der Waals surface area contributed by atoms with E-state index >= 15 is 0 Å². The average molecular weight is 328 g/mol. The molecule has 1 nitrogen and oxygen atoms in total. The molecule has 1 aromatic heterocycles. The van der Waals surface area contributed by atoms with Crippen molar-refractivity contribution in [3.8, 4) is 10.4 Å². The first-order valence-corrected chi connectivity index (χ1v) is 7.44. The predicted octanol–water partition coefficient (Wildman–Crippen LogP) is 4.81. The minimum atomic E-state index is -0.225. The average Bonchev–Trinajstić information content (AvgIpc) is 2.79. The normalized spacial score (nSPS) is 11.2. The molecule has 96 valence electrons. The van der Waals surface area contributed by atoms with Crippen LogP contribution >= 0.6 is 27.3 Å². The lowest BCUT2D eigenvalue weighted by molar-refractivity contribution is 0.593. The molecule has 0 atom stereocenters. The summed E-state index contributed by atoms with van der Waals surface area (Å²) in [7, 11) is 0. The van der Waals surface area contributed by atoms with Crippen molar-refractivity contribution in [1.29, 1.82) is 0 Å². The van der Waals surface area contributed by atoms with Crippen LogP contribution in [-0.4, -0.2) is 6.04 Å². The molecular weight excluding hydrogens is 313 g/mol. The lowest BCUT2D eigenvalue weighted by atomic mass is 10.2. The van der Waals surface area contributed by atoms with Crippen molar-refractivity contribution in [2.45, 2.75) is 26.4 Å². The van der Waals surface area contributed by atoms with Crippen molar-refractivity contribution >= 4 is 27.3 Å². The zero-order valence-corrected chi connectivity index (χ0v) is 12.7. The molecule has 1 heterocycles. The van der Waals surface area contributed by atoms with Crippen molar-refractivity contribution in [3.05, 3.63) is 45.5 Å². The van der Waals surface area contributed by atoms with Crippen LogP contribution in [0.2, 0.25) is 0 Å². The molecule has 0 radical (unpaired) electrons. The van der Waals surface area contributed by atoms with E-state index in [0.29, 0.717) is 10.5 Å². The maximum Gasteiger partial charge on any atom is 0.137 e. The van der Waals surface area contributed by atoms with E-state index in [4.69, 9.17) is 0 Å². The Morgan fingerprint density at radius 1 is 1.28 bits per heavy atom. The summed E-state index contributed by atoms with van der Waals surface area (Å²) >= 11 is 4.95. The summed E-state index contributed by atoms with van der Waals surface area (Å²) in [5.41, 5.74) is 1.05. The summed E-state index contributed by atoms with van der Waals surface area (Å²) in [6.07, 6.45) is 0. The Morgan fingerprint density at radius 3 is 2.72 bits per heavy atom. The molecule has 0 bridgehead atoms. The molecule has 0 spiro atoms. The van der Waals surface area contributed by atoms with Gasteiger partial charge in [0.2, 0.25) is 0 Å². The number of nitrogens with one attached hydrogen (secondary N) is 1. The van der Waals surface area contributed by atoms with Crippen molar-refractivity contribution in [1.82, 2.24) is 5.32 Å². The first kappa shape index (κ1) is 13.7. The number of thiophene rings is 1. The minimum absolute atomic E-state index is 0.225. The molecule has 1 N–H and O–H groups in total. The second-order valence-electron chi connectivity index (χ2n) is 4.43. The van der Waals surface area contributed by atoms with Gasteiger partial charge in [-0.1, -0.05) is 19.9 Å². The van der Waals surface area contributed by atoms with Crippen LogP contribution in [0.1, 0.15) is 18.7 Å². The minimum Gasteiger partial charge on any atom is -0.310 e. The lowest BCUT2D eigenvalue weighted by Gasteiger charge is -2.05. The number of hydrogen-bond donors (Lipinski definition) is 1. The van der Waals surface area contributed by atoms with Gasteiger partial charge in [0.05, 0.1) is 4.47 Å². The third-order valence-corrected chi connectivity index (χ3v) is 4.29. The Balaban J connectivity index is 2.16. The number of hydrogen-bond acceptors (Lipinski definition) is 2. The molecule has 2 aromatic rings. The van der Waals surface area contributed by atoms with Crippen LogP contribution in [-0.2, 0) is 6.54 Å². The maximum atomic E-state index is 13.2. The highest BCUT2D eigenvalue weighted by Gasteiger charge is 2.06. The monoisotopic (exact) mass is 327 g/mol. The Labute approximate surface area is 119 Å². The summed E-state index contributed by atoms with van der Waals surface area (Å²) in [6.45, 7) is 5.14. The summed E-state index contributed by atoms with van der Waals surface area (Å²) in [4.78, 5) is 2.45. The number of benzene rings is 1. The van der Waals surface area contributed by atoms with Gasteiger partial charge in [-0.05, 0) is 45.8 Å². The van der Waals surface area contributed by atoms with Crippen LogP contribution in [0.3, 0.4) is 0 Å². The van der Waals surface area contributed by atoms with Gasteiger partial charge in [-0.15, -0.1) is 11.3 Å². The van der Waals surface area contributed by atoms with E-state index in [2.05, 4.69) is 47.2 Å². The first-order chi connectivity index (χ1) is 8.56. The van der Waals surface area contributed by atoms with E-state index in [0.717, 1.165) is 17.0 Å². The van der Waals surface area contributed by atoms with Gasteiger partial charge in [0.15, 0.2) is 0 Å². The molecule has 4 heteroatoms. The van der Waals surface area contributed by atoms with Crippen molar-refractivity contribution < 1.29 is 4.39 Å². The highest BCUT2D eigenvalue weighted by molar-refractivity contribution is 9.10. The quantitative estimate of drug-likeness (QED) is 0.849. The summed E-state index contributed by atoms with van der Waals surface area (Å²) < 4.78 is 13.7. The topological polar surface area (TPSA) is 12.0 Å². The molecule has 2 rings (SSSR count). The second kappa shape index (κ2) is 5.95. The second-order valence-corrected chi connectivity index (χ2v) is 6.45. The lowest BCUT2D eigenvalue weighted by Crippen LogP contribution is -2.21. The van der Waals surface area contributed by atoms with E-state index < -0.39 is 0 Å². The summed E-state index contributed by atoms with van der Waals surface area (Å²) in [5, 5.41) is 3.39. The van der Waals surface area contributed by atoms with Crippen LogP contribution in [0.25, 0.3) is 10.4 Å². The fourth-order valence-electron chi connectivity index (χ4n) is 1.58. The number of rotatable bonds is 4. The summed E-state index contributed by atoms with van der Waals surface area (Å²) in [6, 6.07) is 9.81. The molecule has 0 aliphatic heterocycles. The highest BCUT2D eigenvalue weighted by atomic mass is 79.9. The largest absolute Gasteiger partial charge is 0.310 e. The van der Waals surface area contributed by atoms with Crippen LogP contribution in [0.5, 0.6) is 0 Å². The van der Waals surface area contributed by atoms with E-state index in [1.807, 2.05) is 12.1 Å². The third-order valence-electron chi connectivity index (χ3n) is 2.55. The van der Waals surface area contributed by atoms with Gasteiger partial charge in [-0.2, -0.15) is 0 Å². The van der Waals surface area contributed by atoms with Crippen molar-refractivity contribution in [3.63, 3.8) is 0 Å². The Bertz CT molecular complexity index is 536. The van der Waals surface area contributed by atoms with Crippen LogP contribution in [0.4, 0.5) is 4.39 Å². The molecule has 0 saturated heterocycles. The third kappa shape index (κ3) is 3.40. The molecule has 0 aliphatic carbocycles. The van der Waals surface area contributed by atoms with Gasteiger partial charge in [0.1, 0.15) is 5.82 Å². The zero-order valence-electron chi connectivity index (χ0n) is 10.3. The number of halogens is 2. The van der Waals surface area contributed by atoms with Crippen molar-refractivity contribution in [2.75, 3.05) is 0 Å². The van der Waals surface area contributed by atoms with Crippen LogP contribution in [0.15, 0.2) is 34.8 Å². The summed E-state index contributed by atoms with van der Waals surface area (Å²) in [5.74, 6) is -0.225. The van der Waals surface area contributed by atoms with E-state index in [9.17, 15) is 4.39 Å². The Morgan fingerprint density at radius 2 is 2.06 bits per heavy atom. The van der Waals surface area contributed by atoms with Gasteiger partial charge >= 0.3 is 0 Å². The van der Waals surface area contributed by atoms with Gasteiger partial charge in [-0.25, -0.2) is 4.39 Å². The molecule has 0 aliphatic rings. The van der Waals surface area contributed by atoms with Gasteiger partial charge in [-0.3, -0.25) is 0 Å². The predicted molar refractivity (Wildman–Crippen MR) is 79.4 cm³/mol. The molecule has 0 fully saturated rings. The zero-order chi connectivity index (χ0) is 13.1. The molecule has 1 aromatic carbocycles. The molecule has 0 saturated carbocycles. The van der Waals surface area contributed by atoms with E-state index in [1.54, 1.807) is 11.3 Å². The smallest absolute Gasteiger partial charge is 0.137 e. The van der Waals surface area contributed by atoms with Gasteiger partial charge in [0.25, 0.3) is 0 Å². The molecule has 18 heavy (non-hydrogen) atoms. The Kier molecular flexibility index (Phi) is 4.54. The fraction of sp³-hybridized carbons (Fsp3) is 0.286. The first-order valence-electron chi connectivity index (χ1n) is 5.84. The standard InChI is InChI=1S/C14H15BrFNS/c1-9(2)17-8-11-4-6-14(18-11)10-3-5-13(16)12(15)7-10/h3-7,9,17H,8H2,1-2H3. The van der Waals surface area contributed by atoms with E-state index in [-0.39, 0.29) is 5.82 Å². The SMILES string of the molecule is CC(C)NCc1ccc(-c2ccc(F)c(Br)c2)s1. The van der Waals surface area contributed by atoms with Gasteiger partial charge in [0, 0.05) is 22.3 Å².